The van der Waals surface area contributed by atoms with E-state index in [4.69, 9.17) is 14.2 Å². The van der Waals surface area contributed by atoms with E-state index in [1.54, 1.807) is 26.1 Å². The molecule has 25 heavy (non-hydrogen) atoms. The number of rotatable bonds is 4. The summed E-state index contributed by atoms with van der Waals surface area (Å²) in [5.74, 6) is 0.982. The highest BCUT2D eigenvalue weighted by Crippen LogP contribution is 2.53. The highest BCUT2D eigenvalue weighted by atomic mass is 16.5. The number of carbonyl (C=O) groups is 2. The van der Waals surface area contributed by atoms with E-state index in [9.17, 15) is 9.59 Å². The fourth-order valence-corrected chi connectivity index (χ4v) is 3.59. The van der Waals surface area contributed by atoms with Crippen molar-refractivity contribution < 1.29 is 23.8 Å². The maximum Gasteiger partial charge on any atom is 0.303 e. The number of nitrogens with zero attached hydrogens (tertiary/aromatic N) is 1. The van der Waals surface area contributed by atoms with Gasteiger partial charge in [-0.3, -0.25) is 9.59 Å². The molecule has 0 fully saturated rings. The minimum absolute atomic E-state index is 0.0138. The van der Waals surface area contributed by atoms with Gasteiger partial charge in [-0.15, -0.1) is 0 Å². The zero-order valence-corrected chi connectivity index (χ0v) is 14.9. The molecule has 6 nitrogen and oxygen atoms in total. The van der Waals surface area contributed by atoms with Crippen molar-refractivity contribution in [2.24, 2.45) is 0 Å². The lowest BCUT2D eigenvalue weighted by Crippen LogP contribution is -2.45. The second kappa shape index (κ2) is 6.43. The highest BCUT2D eigenvalue weighted by Gasteiger charge is 2.52. The number of hydrogen-bond donors (Lipinski definition) is 0. The number of para-hydroxylation sites is 1. The SMILES string of the molecule is COc1cccc2c1O[C@@H]1C[C@@H](OC(C)=O)C=C[C@]21CC(=O)N(C)C. The Morgan fingerprint density at radius 2 is 2.12 bits per heavy atom. The van der Waals surface area contributed by atoms with E-state index in [0.717, 1.165) is 5.56 Å². The lowest BCUT2D eigenvalue weighted by molar-refractivity contribution is -0.146. The fourth-order valence-electron chi connectivity index (χ4n) is 3.59. The van der Waals surface area contributed by atoms with Crippen LogP contribution in [0.3, 0.4) is 0 Å². The van der Waals surface area contributed by atoms with E-state index < -0.39 is 5.41 Å². The van der Waals surface area contributed by atoms with Crippen LogP contribution >= 0.6 is 0 Å². The predicted octanol–water partition coefficient (Wildman–Crippen LogP) is 2.06. The maximum atomic E-state index is 12.5. The third kappa shape index (κ3) is 2.97. The molecule has 0 bridgehead atoms. The zero-order valence-electron chi connectivity index (χ0n) is 14.9. The van der Waals surface area contributed by atoms with Crippen molar-refractivity contribution in [1.29, 1.82) is 0 Å². The number of fused-ring (bicyclic) bond motifs is 3. The van der Waals surface area contributed by atoms with Crippen LogP contribution < -0.4 is 9.47 Å². The summed E-state index contributed by atoms with van der Waals surface area (Å²) < 4.78 is 16.9. The number of carbonyl (C=O) groups excluding carboxylic acids is 2. The van der Waals surface area contributed by atoms with Crippen LogP contribution in [-0.4, -0.2) is 50.2 Å². The van der Waals surface area contributed by atoms with Crippen molar-refractivity contribution in [2.75, 3.05) is 21.2 Å². The van der Waals surface area contributed by atoms with Gasteiger partial charge in [-0.05, 0) is 12.1 Å². The number of benzene rings is 1. The largest absolute Gasteiger partial charge is 0.493 e. The first-order valence-corrected chi connectivity index (χ1v) is 8.28. The second-order valence-corrected chi connectivity index (χ2v) is 6.69. The smallest absolute Gasteiger partial charge is 0.303 e. The molecule has 2 aliphatic rings. The summed E-state index contributed by atoms with van der Waals surface area (Å²) in [6.07, 6.45) is 3.95. The van der Waals surface area contributed by atoms with Gasteiger partial charge in [0.05, 0.1) is 12.5 Å². The van der Waals surface area contributed by atoms with Crippen LogP contribution in [0.25, 0.3) is 0 Å². The molecule has 1 aromatic carbocycles. The molecule has 1 aromatic rings. The molecule has 1 amide bonds. The van der Waals surface area contributed by atoms with Crippen LogP contribution in [0.4, 0.5) is 0 Å². The van der Waals surface area contributed by atoms with Gasteiger partial charge in [0.2, 0.25) is 5.91 Å². The third-order valence-corrected chi connectivity index (χ3v) is 4.85. The van der Waals surface area contributed by atoms with Crippen LogP contribution in [0.15, 0.2) is 30.4 Å². The molecule has 0 radical (unpaired) electrons. The summed E-state index contributed by atoms with van der Waals surface area (Å²) >= 11 is 0. The number of hydrogen-bond acceptors (Lipinski definition) is 5. The van der Waals surface area contributed by atoms with Gasteiger partial charge >= 0.3 is 5.97 Å². The van der Waals surface area contributed by atoms with Crippen molar-refractivity contribution in [3.63, 3.8) is 0 Å². The fraction of sp³-hybridized carbons (Fsp3) is 0.474. The molecule has 6 heteroatoms. The molecule has 1 aliphatic heterocycles. The van der Waals surface area contributed by atoms with Gasteiger partial charge in [-0.25, -0.2) is 0 Å². The average Bonchev–Trinajstić information content (AvgIpc) is 2.88. The Morgan fingerprint density at radius 1 is 1.36 bits per heavy atom. The van der Waals surface area contributed by atoms with E-state index in [1.165, 1.54) is 6.92 Å². The van der Waals surface area contributed by atoms with Crippen LogP contribution in [0, 0.1) is 0 Å². The van der Waals surface area contributed by atoms with Crippen LogP contribution in [0.1, 0.15) is 25.3 Å². The minimum Gasteiger partial charge on any atom is -0.493 e. The van der Waals surface area contributed by atoms with Crippen LogP contribution in [0.5, 0.6) is 11.5 Å². The van der Waals surface area contributed by atoms with E-state index in [-0.39, 0.29) is 30.5 Å². The molecule has 1 aliphatic carbocycles. The zero-order chi connectivity index (χ0) is 18.2. The van der Waals surface area contributed by atoms with Crippen molar-refractivity contribution >= 4 is 11.9 Å². The summed E-state index contributed by atoms with van der Waals surface area (Å²) in [6, 6.07) is 5.71. The monoisotopic (exact) mass is 345 g/mol. The minimum atomic E-state index is -0.581. The number of methoxy groups -OCH3 is 1. The van der Waals surface area contributed by atoms with Crippen molar-refractivity contribution in [1.82, 2.24) is 4.90 Å². The summed E-state index contributed by atoms with van der Waals surface area (Å²) in [5, 5.41) is 0. The first-order chi connectivity index (χ1) is 11.9. The molecular weight excluding hydrogens is 322 g/mol. The van der Waals surface area contributed by atoms with E-state index in [1.807, 2.05) is 30.4 Å². The second-order valence-electron chi connectivity index (χ2n) is 6.69. The van der Waals surface area contributed by atoms with Gasteiger partial charge in [0, 0.05) is 39.4 Å². The quantitative estimate of drug-likeness (QED) is 0.617. The molecule has 0 spiro atoms. The Hall–Kier alpha value is -2.50. The highest BCUT2D eigenvalue weighted by molar-refractivity contribution is 5.79. The van der Waals surface area contributed by atoms with Gasteiger partial charge in [0.1, 0.15) is 12.2 Å². The Kier molecular flexibility index (Phi) is 4.45. The average molecular weight is 345 g/mol. The summed E-state index contributed by atoms with van der Waals surface area (Å²) in [7, 11) is 5.07. The molecule has 0 N–H and O–H groups in total. The normalized spacial score (nSPS) is 26.2. The Labute approximate surface area is 147 Å². The molecular formula is C19H23NO5. The van der Waals surface area contributed by atoms with Gasteiger partial charge in [0.15, 0.2) is 11.5 Å². The molecule has 0 unspecified atom stereocenters. The molecule has 1 heterocycles. The molecule has 0 saturated heterocycles. The van der Waals surface area contributed by atoms with Gasteiger partial charge < -0.3 is 19.1 Å². The summed E-state index contributed by atoms with van der Waals surface area (Å²) in [4.78, 5) is 25.4. The number of ether oxygens (including phenoxy) is 3. The molecule has 0 saturated carbocycles. The van der Waals surface area contributed by atoms with Gasteiger partial charge in [-0.2, -0.15) is 0 Å². The lowest BCUT2D eigenvalue weighted by atomic mass is 9.69. The number of esters is 1. The Balaban J connectivity index is 2.04. The molecule has 134 valence electrons. The summed E-state index contributed by atoms with van der Waals surface area (Å²) in [6.45, 7) is 1.39. The topological polar surface area (TPSA) is 65.1 Å². The molecule has 3 rings (SSSR count). The Bertz CT molecular complexity index is 727. The summed E-state index contributed by atoms with van der Waals surface area (Å²) in [5.41, 5.74) is 0.353. The van der Waals surface area contributed by atoms with Crippen molar-refractivity contribution in [2.45, 2.75) is 37.4 Å². The molecule has 3 atom stereocenters. The van der Waals surface area contributed by atoms with E-state index in [0.29, 0.717) is 17.9 Å². The van der Waals surface area contributed by atoms with E-state index >= 15 is 0 Å². The first-order valence-electron chi connectivity index (χ1n) is 8.28. The van der Waals surface area contributed by atoms with Crippen molar-refractivity contribution in [3.05, 3.63) is 35.9 Å². The van der Waals surface area contributed by atoms with E-state index in [2.05, 4.69) is 0 Å². The third-order valence-electron chi connectivity index (χ3n) is 4.85. The maximum absolute atomic E-state index is 12.5. The number of amides is 1. The predicted molar refractivity (Wildman–Crippen MR) is 91.7 cm³/mol. The van der Waals surface area contributed by atoms with Crippen molar-refractivity contribution in [3.8, 4) is 11.5 Å². The molecule has 0 aromatic heterocycles. The van der Waals surface area contributed by atoms with Gasteiger partial charge in [-0.1, -0.05) is 18.2 Å². The standard InChI is InChI=1S/C19H23NO5/c1-12(21)24-13-8-9-19(11-17(22)20(2)3)14-6-5-7-15(23-4)18(14)25-16(19)10-13/h5-9,13,16H,10-11H2,1-4H3/t13-,16+,19-/m0/s1. The first kappa shape index (κ1) is 17.3. The van der Waals surface area contributed by atoms with Gasteiger partial charge in [0.25, 0.3) is 0 Å². The van der Waals surface area contributed by atoms with Crippen LogP contribution in [-0.2, 0) is 19.7 Å². The lowest BCUT2D eigenvalue weighted by Gasteiger charge is -2.36. The van der Waals surface area contributed by atoms with Crippen LogP contribution in [0.2, 0.25) is 0 Å². The Morgan fingerprint density at radius 3 is 2.76 bits per heavy atom.